The van der Waals surface area contributed by atoms with E-state index in [1.807, 2.05) is 36.4 Å². The van der Waals surface area contributed by atoms with Crippen LogP contribution in [0.15, 0.2) is 64.8 Å². The van der Waals surface area contributed by atoms with Crippen molar-refractivity contribution in [2.75, 3.05) is 14.2 Å². The van der Waals surface area contributed by atoms with Crippen LogP contribution in [-0.2, 0) is 0 Å². The van der Waals surface area contributed by atoms with Crippen molar-refractivity contribution in [3.8, 4) is 17.2 Å². The van der Waals surface area contributed by atoms with Crippen LogP contribution in [0, 0.1) is 0 Å². The summed E-state index contributed by atoms with van der Waals surface area (Å²) >= 11 is 0. The van der Waals surface area contributed by atoms with Crippen molar-refractivity contribution in [3.05, 3.63) is 54.6 Å². The third-order valence-corrected chi connectivity index (χ3v) is 3.53. The zero-order chi connectivity index (χ0) is 16.2. The van der Waals surface area contributed by atoms with Crippen molar-refractivity contribution in [1.82, 2.24) is 0 Å². The molecule has 0 saturated carbocycles. The van der Waals surface area contributed by atoms with E-state index in [1.54, 1.807) is 32.4 Å². The van der Waals surface area contributed by atoms with Gasteiger partial charge in [-0.3, -0.25) is 0 Å². The number of hydrogen-bond acceptors (Lipinski definition) is 5. The summed E-state index contributed by atoms with van der Waals surface area (Å²) in [6.45, 7) is 0. The molecule has 0 fully saturated rings. The van der Waals surface area contributed by atoms with Gasteiger partial charge in [-0.15, -0.1) is 10.2 Å². The number of nitrogens with zero attached hydrogens (tertiary/aromatic N) is 2. The number of benzene rings is 3. The van der Waals surface area contributed by atoms with Gasteiger partial charge in [0.2, 0.25) is 0 Å². The summed E-state index contributed by atoms with van der Waals surface area (Å²) in [7, 11) is 3.12. The van der Waals surface area contributed by atoms with Gasteiger partial charge in [0, 0.05) is 5.39 Å². The molecule has 0 amide bonds. The number of phenolic OH excluding ortho intramolecular Hbond substituents is 1. The molecule has 0 aliphatic heterocycles. The van der Waals surface area contributed by atoms with Gasteiger partial charge in [-0.25, -0.2) is 0 Å². The molecular weight excluding hydrogens is 292 g/mol. The predicted molar refractivity (Wildman–Crippen MR) is 89.3 cm³/mol. The third-order valence-electron chi connectivity index (χ3n) is 3.53. The normalized spacial score (nSPS) is 11.0. The Bertz CT molecular complexity index is 853. The monoisotopic (exact) mass is 308 g/mol. The van der Waals surface area contributed by atoms with E-state index in [2.05, 4.69) is 10.2 Å². The molecule has 0 bridgehead atoms. The van der Waals surface area contributed by atoms with Crippen molar-refractivity contribution in [3.63, 3.8) is 0 Å². The average molecular weight is 308 g/mol. The molecule has 0 unspecified atom stereocenters. The molecule has 116 valence electrons. The highest BCUT2D eigenvalue weighted by Crippen LogP contribution is 2.40. The molecule has 0 aliphatic carbocycles. The number of aromatic hydroxyl groups is 1. The molecule has 3 aromatic rings. The van der Waals surface area contributed by atoms with Gasteiger partial charge in [0.1, 0.15) is 22.9 Å². The number of rotatable bonds is 4. The predicted octanol–water partition coefficient (Wildman–Crippen LogP) is 4.98. The fourth-order valence-electron chi connectivity index (χ4n) is 2.38. The van der Waals surface area contributed by atoms with E-state index in [9.17, 15) is 5.11 Å². The Kier molecular flexibility index (Phi) is 4.10. The Morgan fingerprint density at radius 2 is 1.39 bits per heavy atom. The van der Waals surface area contributed by atoms with Gasteiger partial charge >= 0.3 is 0 Å². The summed E-state index contributed by atoms with van der Waals surface area (Å²) < 4.78 is 10.6. The van der Waals surface area contributed by atoms with E-state index < -0.39 is 0 Å². The molecule has 0 radical (unpaired) electrons. The fourth-order valence-corrected chi connectivity index (χ4v) is 2.38. The maximum atomic E-state index is 10.1. The van der Waals surface area contributed by atoms with Crippen molar-refractivity contribution in [1.29, 1.82) is 0 Å². The van der Waals surface area contributed by atoms with Crippen LogP contribution in [0.25, 0.3) is 10.8 Å². The van der Waals surface area contributed by atoms with Gasteiger partial charge < -0.3 is 14.6 Å². The fraction of sp³-hybridized carbons (Fsp3) is 0.111. The molecule has 0 saturated heterocycles. The van der Waals surface area contributed by atoms with Gasteiger partial charge in [0.25, 0.3) is 0 Å². The van der Waals surface area contributed by atoms with Crippen LogP contribution in [0.2, 0.25) is 0 Å². The highest BCUT2D eigenvalue weighted by molar-refractivity contribution is 5.95. The maximum absolute atomic E-state index is 10.1. The van der Waals surface area contributed by atoms with Crippen LogP contribution in [-0.4, -0.2) is 19.3 Å². The summed E-state index contributed by atoms with van der Waals surface area (Å²) in [6, 6.07) is 16.5. The number of hydrogen-bond donors (Lipinski definition) is 1. The van der Waals surface area contributed by atoms with Crippen molar-refractivity contribution >= 4 is 22.1 Å². The van der Waals surface area contributed by atoms with Crippen LogP contribution in [0.4, 0.5) is 11.4 Å². The van der Waals surface area contributed by atoms with Crippen LogP contribution >= 0.6 is 0 Å². The number of methoxy groups -OCH3 is 2. The van der Waals surface area contributed by atoms with Gasteiger partial charge in [0.15, 0.2) is 5.69 Å². The second-order valence-electron chi connectivity index (χ2n) is 4.87. The Morgan fingerprint density at radius 3 is 2.09 bits per heavy atom. The largest absolute Gasteiger partial charge is 0.506 e. The maximum Gasteiger partial charge on any atom is 0.169 e. The summed E-state index contributed by atoms with van der Waals surface area (Å²) in [6.07, 6.45) is 0. The number of azo groups is 1. The highest BCUT2D eigenvalue weighted by Gasteiger charge is 2.10. The Labute approximate surface area is 133 Å². The second kappa shape index (κ2) is 6.36. The lowest BCUT2D eigenvalue weighted by molar-refractivity contribution is 0.396. The minimum atomic E-state index is 0.0707. The minimum Gasteiger partial charge on any atom is -0.506 e. The molecule has 0 atom stereocenters. The first-order valence-electron chi connectivity index (χ1n) is 7.08. The zero-order valence-corrected chi connectivity index (χ0v) is 12.9. The van der Waals surface area contributed by atoms with Gasteiger partial charge in [-0.2, -0.15) is 0 Å². The molecule has 23 heavy (non-hydrogen) atoms. The standard InChI is InChI=1S/C18H16N2O3/c1-22-15-8-5-9-16(23-2)18(15)20-19-17-13-7-4-3-6-12(13)10-11-14(17)21/h3-11,21H,1-2H3. The first-order chi connectivity index (χ1) is 11.2. The molecule has 3 rings (SSSR count). The van der Waals surface area contributed by atoms with Crippen LogP contribution in [0.5, 0.6) is 17.2 Å². The molecular formula is C18H16N2O3. The van der Waals surface area contributed by atoms with E-state index >= 15 is 0 Å². The van der Waals surface area contributed by atoms with E-state index in [4.69, 9.17) is 9.47 Å². The van der Waals surface area contributed by atoms with E-state index in [-0.39, 0.29) is 5.75 Å². The Balaban J connectivity index is 2.13. The molecule has 3 aromatic carbocycles. The number of phenols is 1. The van der Waals surface area contributed by atoms with Crippen LogP contribution < -0.4 is 9.47 Å². The molecule has 5 nitrogen and oxygen atoms in total. The van der Waals surface area contributed by atoms with Gasteiger partial charge in [-0.1, -0.05) is 36.4 Å². The number of fused-ring (bicyclic) bond motifs is 1. The summed E-state index contributed by atoms with van der Waals surface area (Å²) in [4.78, 5) is 0. The second-order valence-corrected chi connectivity index (χ2v) is 4.87. The van der Waals surface area contributed by atoms with E-state index in [1.165, 1.54) is 0 Å². The first kappa shape index (κ1) is 14.8. The summed E-state index contributed by atoms with van der Waals surface area (Å²) in [5.74, 6) is 1.17. The minimum absolute atomic E-state index is 0.0707. The number of ether oxygens (including phenoxy) is 2. The Morgan fingerprint density at radius 1 is 0.739 bits per heavy atom. The van der Waals surface area contributed by atoms with Gasteiger partial charge in [0.05, 0.1) is 14.2 Å². The van der Waals surface area contributed by atoms with E-state index in [0.717, 1.165) is 10.8 Å². The van der Waals surface area contributed by atoms with Crippen LogP contribution in [0.3, 0.4) is 0 Å². The third kappa shape index (κ3) is 2.81. The topological polar surface area (TPSA) is 63.4 Å². The lowest BCUT2D eigenvalue weighted by Crippen LogP contribution is -1.87. The quantitative estimate of drug-likeness (QED) is 0.691. The Hall–Kier alpha value is -3.08. The highest BCUT2D eigenvalue weighted by atomic mass is 16.5. The van der Waals surface area contributed by atoms with Gasteiger partial charge in [-0.05, 0) is 23.6 Å². The lowest BCUT2D eigenvalue weighted by Gasteiger charge is -2.08. The smallest absolute Gasteiger partial charge is 0.169 e. The average Bonchev–Trinajstić information content (AvgIpc) is 2.60. The first-order valence-corrected chi connectivity index (χ1v) is 7.08. The molecule has 0 spiro atoms. The van der Waals surface area contributed by atoms with Crippen LogP contribution in [0.1, 0.15) is 0 Å². The van der Waals surface area contributed by atoms with Crippen molar-refractivity contribution < 1.29 is 14.6 Å². The van der Waals surface area contributed by atoms with Crippen molar-refractivity contribution in [2.45, 2.75) is 0 Å². The van der Waals surface area contributed by atoms with E-state index in [0.29, 0.717) is 22.9 Å². The SMILES string of the molecule is COc1cccc(OC)c1N=Nc1c(O)ccc2ccccc12. The molecule has 0 aromatic heterocycles. The molecule has 0 heterocycles. The molecule has 5 heteroatoms. The lowest BCUT2D eigenvalue weighted by atomic mass is 10.1. The van der Waals surface area contributed by atoms with Crippen molar-refractivity contribution in [2.24, 2.45) is 10.2 Å². The zero-order valence-electron chi connectivity index (χ0n) is 12.9. The summed E-state index contributed by atoms with van der Waals surface area (Å²) in [5.41, 5.74) is 0.890. The molecule has 0 aliphatic rings. The summed E-state index contributed by atoms with van der Waals surface area (Å²) in [5, 5.41) is 20.4. The molecule has 1 N–H and O–H groups in total.